The van der Waals surface area contributed by atoms with Crippen molar-refractivity contribution in [3.05, 3.63) is 46.6 Å². The first kappa shape index (κ1) is 15.6. The van der Waals surface area contributed by atoms with Gasteiger partial charge in [-0.25, -0.2) is 4.98 Å². The van der Waals surface area contributed by atoms with Gasteiger partial charge in [0, 0.05) is 24.0 Å². The molecule has 0 saturated carbocycles. The molecule has 0 fully saturated rings. The third-order valence-electron chi connectivity index (χ3n) is 2.77. The lowest BCUT2D eigenvalue weighted by molar-refractivity contribution is -0.384. The molecule has 0 radical (unpaired) electrons. The zero-order valence-corrected chi connectivity index (χ0v) is 12.6. The molecule has 1 aromatic heterocycles. The van der Waals surface area contributed by atoms with Gasteiger partial charge in [-0.15, -0.1) is 0 Å². The van der Waals surface area contributed by atoms with Crippen LogP contribution in [-0.4, -0.2) is 23.1 Å². The van der Waals surface area contributed by atoms with Crippen molar-refractivity contribution in [2.45, 2.75) is 20.0 Å². The number of hydrogen-bond acceptors (Lipinski definition) is 6. The summed E-state index contributed by atoms with van der Waals surface area (Å²) in [6.45, 7) is 3.84. The minimum atomic E-state index is -0.483. The molecule has 2 rings (SSSR count). The standard InChI is InChI=1S/C15H17N3O4/c1-10(2)22-13-7-6-11(9-14(13)21-3)17-15-12(18(19)20)5-4-8-16-15/h4-10H,1-3H3,(H,16,17). The average molecular weight is 303 g/mol. The molecule has 0 spiro atoms. The molecule has 0 aliphatic carbocycles. The maximum absolute atomic E-state index is 11.0. The van der Waals surface area contributed by atoms with E-state index in [2.05, 4.69) is 10.3 Å². The highest BCUT2D eigenvalue weighted by molar-refractivity contribution is 5.67. The van der Waals surface area contributed by atoms with Crippen molar-refractivity contribution in [1.29, 1.82) is 0 Å². The Hall–Kier alpha value is -2.83. The highest BCUT2D eigenvalue weighted by Gasteiger charge is 2.15. The molecule has 0 amide bonds. The topological polar surface area (TPSA) is 86.5 Å². The Kier molecular flexibility index (Phi) is 4.77. The largest absolute Gasteiger partial charge is 0.493 e. The second-order valence-corrected chi connectivity index (χ2v) is 4.79. The SMILES string of the molecule is COc1cc(Nc2ncccc2[N+](=O)[O-])ccc1OC(C)C. The Bertz CT molecular complexity index is 674. The van der Waals surface area contributed by atoms with Crippen molar-refractivity contribution in [1.82, 2.24) is 4.98 Å². The second kappa shape index (κ2) is 6.75. The number of ether oxygens (including phenoxy) is 2. The monoisotopic (exact) mass is 303 g/mol. The number of aromatic nitrogens is 1. The van der Waals surface area contributed by atoms with Crippen LogP contribution in [0.15, 0.2) is 36.5 Å². The minimum absolute atomic E-state index is 0.0181. The molecule has 0 aliphatic rings. The molecule has 2 aromatic rings. The molecule has 1 heterocycles. The van der Waals surface area contributed by atoms with Gasteiger partial charge >= 0.3 is 5.69 Å². The van der Waals surface area contributed by atoms with Crippen LogP contribution in [0.1, 0.15) is 13.8 Å². The second-order valence-electron chi connectivity index (χ2n) is 4.79. The van der Waals surface area contributed by atoms with Gasteiger partial charge in [0.05, 0.1) is 18.1 Å². The Morgan fingerprint density at radius 2 is 2.05 bits per heavy atom. The summed E-state index contributed by atoms with van der Waals surface area (Å²) in [5.41, 5.74) is 0.527. The molecular weight excluding hydrogens is 286 g/mol. The highest BCUT2D eigenvalue weighted by atomic mass is 16.6. The molecule has 22 heavy (non-hydrogen) atoms. The van der Waals surface area contributed by atoms with E-state index < -0.39 is 4.92 Å². The summed E-state index contributed by atoms with van der Waals surface area (Å²) in [6.07, 6.45) is 1.51. The summed E-state index contributed by atoms with van der Waals surface area (Å²) < 4.78 is 10.9. The van der Waals surface area contributed by atoms with Crippen LogP contribution in [0.4, 0.5) is 17.2 Å². The fraction of sp³-hybridized carbons (Fsp3) is 0.267. The smallest absolute Gasteiger partial charge is 0.311 e. The first-order valence-electron chi connectivity index (χ1n) is 6.72. The van der Waals surface area contributed by atoms with Gasteiger partial charge in [-0.1, -0.05) is 0 Å². The number of pyridine rings is 1. The van der Waals surface area contributed by atoms with Gasteiger partial charge in [-0.05, 0) is 32.0 Å². The number of benzene rings is 1. The molecule has 116 valence electrons. The summed E-state index contributed by atoms with van der Waals surface area (Å²) >= 11 is 0. The lowest BCUT2D eigenvalue weighted by atomic mass is 10.2. The van der Waals surface area contributed by atoms with Gasteiger partial charge < -0.3 is 14.8 Å². The maximum atomic E-state index is 11.0. The molecule has 0 atom stereocenters. The summed E-state index contributed by atoms with van der Waals surface area (Å²) in [7, 11) is 1.54. The van der Waals surface area contributed by atoms with Crippen LogP contribution in [0.25, 0.3) is 0 Å². The summed E-state index contributed by atoms with van der Waals surface area (Å²) in [4.78, 5) is 14.5. The number of anilines is 2. The number of methoxy groups -OCH3 is 1. The van der Waals surface area contributed by atoms with Crippen molar-refractivity contribution in [2.24, 2.45) is 0 Å². The van der Waals surface area contributed by atoms with Crippen LogP contribution in [0.2, 0.25) is 0 Å². The molecule has 1 aromatic carbocycles. The number of hydrogen-bond donors (Lipinski definition) is 1. The number of nitrogens with zero attached hydrogens (tertiary/aromatic N) is 2. The van der Waals surface area contributed by atoms with E-state index >= 15 is 0 Å². The van der Waals surface area contributed by atoms with Crippen LogP contribution in [0.3, 0.4) is 0 Å². The first-order valence-corrected chi connectivity index (χ1v) is 6.72. The lowest BCUT2D eigenvalue weighted by Crippen LogP contribution is -2.07. The van der Waals surface area contributed by atoms with Crippen LogP contribution < -0.4 is 14.8 Å². The third-order valence-corrected chi connectivity index (χ3v) is 2.77. The highest BCUT2D eigenvalue weighted by Crippen LogP contribution is 2.33. The van der Waals surface area contributed by atoms with E-state index in [-0.39, 0.29) is 17.6 Å². The van der Waals surface area contributed by atoms with Crippen molar-refractivity contribution in [3.63, 3.8) is 0 Å². The molecule has 7 heteroatoms. The quantitative estimate of drug-likeness (QED) is 0.649. The average Bonchev–Trinajstić information content (AvgIpc) is 2.48. The predicted octanol–water partition coefficient (Wildman–Crippen LogP) is 3.53. The van der Waals surface area contributed by atoms with Crippen molar-refractivity contribution in [2.75, 3.05) is 12.4 Å². The van der Waals surface area contributed by atoms with Crippen molar-refractivity contribution < 1.29 is 14.4 Å². The fourth-order valence-electron chi connectivity index (χ4n) is 1.87. The molecule has 7 nitrogen and oxygen atoms in total. The lowest BCUT2D eigenvalue weighted by Gasteiger charge is -2.15. The van der Waals surface area contributed by atoms with E-state index in [9.17, 15) is 10.1 Å². The van der Waals surface area contributed by atoms with Gasteiger partial charge in [0.1, 0.15) is 0 Å². The molecule has 0 saturated heterocycles. The van der Waals surface area contributed by atoms with Gasteiger partial charge in [0.15, 0.2) is 11.5 Å². The zero-order valence-electron chi connectivity index (χ0n) is 12.6. The number of nitro groups is 1. The molecule has 0 bridgehead atoms. The maximum Gasteiger partial charge on any atom is 0.311 e. The van der Waals surface area contributed by atoms with Gasteiger partial charge in [0.25, 0.3) is 0 Å². The summed E-state index contributed by atoms with van der Waals surface area (Å²) in [5.74, 6) is 1.32. The van der Waals surface area contributed by atoms with E-state index in [1.165, 1.54) is 25.4 Å². The fourth-order valence-corrected chi connectivity index (χ4v) is 1.87. The van der Waals surface area contributed by atoms with Crippen molar-refractivity contribution >= 4 is 17.2 Å². The molecule has 1 N–H and O–H groups in total. The van der Waals surface area contributed by atoms with E-state index in [4.69, 9.17) is 9.47 Å². The first-order chi connectivity index (χ1) is 10.5. The number of rotatable bonds is 6. The van der Waals surface area contributed by atoms with E-state index in [0.717, 1.165) is 0 Å². The van der Waals surface area contributed by atoms with Crippen LogP contribution in [0.5, 0.6) is 11.5 Å². The Balaban J connectivity index is 2.29. The minimum Gasteiger partial charge on any atom is -0.493 e. The summed E-state index contributed by atoms with van der Waals surface area (Å²) in [6, 6.07) is 8.11. The van der Waals surface area contributed by atoms with Crippen LogP contribution in [0, 0.1) is 10.1 Å². The molecule has 0 unspecified atom stereocenters. The van der Waals surface area contributed by atoms with E-state index in [1.807, 2.05) is 13.8 Å². The zero-order chi connectivity index (χ0) is 16.1. The normalized spacial score (nSPS) is 10.4. The van der Waals surface area contributed by atoms with Gasteiger partial charge in [-0.2, -0.15) is 0 Å². The van der Waals surface area contributed by atoms with E-state index in [0.29, 0.717) is 17.2 Å². The molecular formula is C15H17N3O4. The predicted molar refractivity (Wildman–Crippen MR) is 82.9 cm³/mol. The van der Waals surface area contributed by atoms with Gasteiger partial charge in [0.2, 0.25) is 5.82 Å². The van der Waals surface area contributed by atoms with Gasteiger partial charge in [-0.3, -0.25) is 10.1 Å². The van der Waals surface area contributed by atoms with Crippen LogP contribution >= 0.6 is 0 Å². The number of nitrogens with one attached hydrogen (secondary N) is 1. The Morgan fingerprint density at radius 3 is 2.68 bits per heavy atom. The van der Waals surface area contributed by atoms with Crippen molar-refractivity contribution in [3.8, 4) is 11.5 Å². The molecule has 0 aliphatic heterocycles. The third kappa shape index (κ3) is 3.63. The van der Waals surface area contributed by atoms with Crippen LogP contribution in [-0.2, 0) is 0 Å². The summed E-state index contributed by atoms with van der Waals surface area (Å²) in [5, 5.41) is 13.9. The Morgan fingerprint density at radius 1 is 1.27 bits per heavy atom. The van der Waals surface area contributed by atoms with E-state index in [1.54, 1.807) is 18.2 Å². The Labute approximate surface area is 128 Å².